The SMILES string of the molecule is Cc1ccc(C)c(OCc2nc3c(N)cccc3o2)c1C. The van der Waals surface area contributed by atoms with Crippen molar-refractivity contribution >= 4 is 16.8 Å². The van der Waals surface area contributed by atoms with Gasteiger partial charge in [-0.25, -0.2) is 4.98 Å². The van der Waals surface area contributed by atoms with E-state index in [1.54, 1.807) is 0 Å². The second-order valence-corrected chi connectivity index (χ2v) is 5.24. The van der Waals surface area contributed by atoms with E-state index in [0.29, 0.717) is 29.3 Å². The Morgan fingerprint density at radius 1 is 1.10 bits per heavy atom. The Hall–Kier alpha value is -2.49. The van der Waals surface area contributed by atoms with Gasteiger partial charge in [-0.05, 0) is 49.6 Å². The number of aromatic nitrogens is 1. The molecule has 3 rings (SSSR count). The summed E-state index contributed by atoms with van der Waals surface area (Å²) in [7, 11) is 0. The van der Waals surface area contributed by atoms with E-state index < -0.39 is 0 Å². The van der Waals surface area contributed by atoms with Gasteiger partial charge in [-0.1, -0.05) is 18.2 Å². The Morgan fingerprint density at radius 2 is 1.86 bits per heavy atom. The normalized spacial score (nSPS) is 11.0. The summed E-state index contributed by atoms with van der Waals surface area (Å²) in [6, 6.07) is 9.66. The Bertz CT molecular complexity index is 806. The van der Waals surface area contributed by atoms with Crippen molar-refractivity contribution in [1.82, 2.24) is 4.98 Å². The molecule has 0 atom stereocenters. The number of benzene rings is 2. The van der Waals surface area contributed by atoms with Gasteiger partial charge >= 0.3 is 0 Å². The van der Waals surface area contributed by atoms with Gasteiger partial charge in [-0.2, -0.15) is 0 Å². The number of oxazole rings is 1. The summed E-state index contributed by atoms with van der Waals surface area (Å²) in [4.78, 5) is 4.39. The van der Waals surface area contributed by atoms with Gasteiger partial charge in [0.25, 0.3) is 0 Å². The van der Waals surface area contributed by atoms with Gasteiger partial charge in [0.15, 0.2) is 12.2 Å². The fraction of sp³-hybridized carbons (Fsp3) is 0.235. The van der Waals surface area contributed by atoms with E-state index in [9.17, 15) is 0 Å². The van der Waals surface area contributed by atoms with Crippen LogP contribution in [0.5, 0.6) is 5.75 Å². The molecule has 0 saturated carbocycles. The maximum absolute atomic E-state index is 5.91. The second-order valence-electron chi connectivity index (χ2n) is 5.24. The zero-order chi connectivity index (χ0) is 15.0. The lowest BCUT2D eigenvalue weighted by molar-refractivity contribution is 0.264. The molecule has 1 heterocycles. The van der Waals surface area contributed by atoms with Crippen molar-refractivity contribution in [2.45, 2.75) is 27.4 Å². The van der Waals surface area contributed by atoms with E-state index >= 15 is 0 Å². The maximum atomic E-state index is 5.91. The Balaban J connectivity index is 1.87. The maximum Gasteiger partial charge on any atom is 0.233 e. The van der Waals surface area contributed by atoms with E-state index in [1.165, 1.54) is 5.56 Å². The molecule has 1 aromatic heterocycles. The third kappa shape index (κ3) is 2.44. The molecule has 3 aromatic rings. The summed E-state index contributed by atoms with van der Waals surface area (Å²) >= 11 is 0. The highest BCUT2D eigenvalue weighted by Crippen LogP contribution is 2.27. The quantitative estimate of drug-likeness (QED) is 0.740. The van der Waals surface area contributed by atoms with E-state index in [2.05, 4.69) is 31.0 Å². The van der Waals surface area contributed by atoms with Crippen LogP contribution in [0, 0.1) is 20.8 Å². The molecule has 2 N–H and O–H groups in total. The van der Waals surface area contributed by atoms with Crippen molar-refractivity contribution in [1.29, 1.82) is 0 Å². The summed E-state index contributed by atoms with van der Waals surface area (Å²) in [6.45, 7) is 6.45. The van der Waals surface area contributed by atoms with Crippen molar-refractivity contribution < 1.29 is 9.15 Å². The molecule has 0 radical (unpaired) electrons. The van der Waals surface area contributed by atoms with Crippen LogP contribution in [0.2, 0.25) is 0 Å². The van der Waals surface area contributed by atoms with E-state index in [-0.39, 0.29) is 0 Å². The average Bonchev–Trinajstić information content (AvgIpc) is 2.88. The van der Waals surface area contributed by atoms with Crippen molar-refractivity contribution in [2.75, 3.05) is 5.73 Å². The molecular weight excluding hydrogens is 264 g/mol. The molecule has 0 unspecified atom stereocenters. The minimum atomic E-state index is 0.291. The number of nitrogen functional groups attached to an aromatic ring is 1. The molecule has 4 heteroatoms. The van der Waals surface area contributed by atoms with Gasteiger partial charge in [-0.3, -0.25) is 0 Å². The summed E-state index contributed by atoms with van der Waals surface area (Å²) in [5, 5.41) is 0. The number of ether oxygens (including phenoxy) is 1. The summed E-state index contributed by atoms with van der Waals surface area (Å²) < 4.78 is 11.6. The van der Waals surface area contributed by atoms with Gasteiger partial charge in [0.1, 0.15) is 11.3 Å². The highest BCUT2D eigenvalue weighted by Gasteiger charge is 2.11. The van der Waals surface area contributed by atoms with Crippen molar-refractivity contribution in [3.05, 3.63) is 52.9 Å². The first-order chi connectivity index (χ1) is 10.1. The number of fused-ring (bicyclic) bond motifs is 1. The number of hydrogen-bond donors (Lipinski definition) is 1. The highest BCUT2D eigenvalue weighted by atomic mass is 16.5. The fourth-order valence-electron chi connectivity index (χ4n) is 2.36. The molecule has 0 amide bonds. The first kappa shape index (κ1) is 13.5. The molecule has 0 aliphatic rings. The predicted molar refractivity (Wildman–Crippen MR) is 83.4 cm³/mol. The molecule has 0 bridgehead atoms. The smallest absolute Gasteiger partial charge is 0.233 e. The van der Waals surface area contributed by atoms with Gasteiger partial charge in [-0.15, -0.1) is 0 Å². The van der Waals surface area contributed by atoms with Crippen molar-refractivity contribution in [3.8, 4) is 5.75 Å². The zero-order valence-corrected chi connectivity index (χ0v) is 12.4. The molecule has 0 saturated heterocycles. The topological polar surface area (TPSA) is 61.3 Å². The highest BCUT2D eigenvalue weighted by molar-refractivity contribution is 5.85. The van der Waals surface area contributed by atoms with Gasteiger partial charge in [0, 0.05) is 0 Å². The first-order valence-corrected chi connectivity index (χ1v) is 6.90. The van der Waals surface area contributed by atoms with Crippen LogP contribution in [0.1, 0.15) is 22.6 Å². The van der Waals surface area contributed by atoms with Gasteiger partial charge < -0.3 is 14.9 Å². The van der Waals surface area contributed by atoms with Crippen LogP contribution >= 0.6 is 0 Å². The van der Waals surface area contributed by atoms with Crippen molar-refractivity contribution in [2.24, 2.45) is 0 Å². The summed E-state index contributed by atoms with van der Waals surface area (Å²) in [6.07, 6.45) is 0. The van der Waals surface area contributed by atoms with Crippen LogP contribution in [0.15, 0.2) is 34.7 Å². The standard InChI is InChI=1S/C17H18N2O2/c1-10-7-8-11(2)17(12(10)3)20-9-15-19-16-13(18)5-4-6-14(16)21-15/h4-8H,9,18H2,1-3H3. The Kier molecular flexibility index (Phi) is 3.29. The second kappa shape index (κ2) is 5.13. The minimum Gasteiger partial charge on any atom is -0.483 e. The number of para-hydroxylation sites is 1. The monoisotopic (exact) mass is 282 g/mol. The number of aryl methyl sites for hydroxylation is 2. The summed E-state index contributed by atoms with van der Waals surface area (Å²) in [5.41, 5.74) is 11.3. The number of nitrogens with two attached hydrogens (primary N) is 1. The number of anilines is 1. The largest absolute Gasteiger partial charge is 0.483 e. The van der Waals surface area contributed by atoms with E-state index in [0.717, 1.165) is 16.9 Å². The van der Waals surface area contributed by atoms with Crippen LogP contribution in [-0.2, 0) is 6.61 Å². The minimum absolute atomic E-state index is 0.291. The van der Waals surface area contributed by atoms with Gasteiger partial charge in [0.05, 0.1) is 5.69 Å². The average molecular weight is 282 g/mol. The van der Waals surface area contributed by atoms with E-state index in [1.807, 2.05) is 25.1 Å². The zero-order valence-electron chi connectivity index (χ0n) is 12.4. The molecule has 4 nitrogen and oxygen atoms in total. The lowest BCUT2D eigenvalue weighted by Crippen LogP contribution is -2.00. The van der Waals surface area contributed by atoms with E-state index in [4.69, 9.17) is 14.9 Å². The molecule has 0 fully saturated rings. The molecule has 108 valence electrons. The third-order valence-electron chi connectivity index (χ3n) is 3.71. The lowest BCUT2D eigenvalue weighted by atomic mass is 10.1. The fourth-order valence-corrected chi connectivity index (χ4v) is 2.36. The van der Waals surface area contributed by atoms with Crippen molar-refractivity contribution in [3.63, 3.8) is 0 Å². The molecule has 0 spiro atoms. The number of hydrogen-bond acceptors (Lipinski definition) is 4. The molecular formula is C17H18N2O2. The lowest BCUT2D eigenvalue weighted by Gasteiger charge is -2.12. The Labute approximate surface area is 123 Å². The number of nitrogens with zero attached hydrogens (tertiary/aromatic N) is 1. The van der Waals surface area contributed by atoms with Crippen LogP contribution < -0.4 is 10.5 Å². The van der Waals surface area contributed by atoms with Gasteiger partial charge in [0.2, 0.25) is 5.89 Å². The van der Waals surface area contributed by atoms with Crippen LogP contribution in [-0.4, -0.2) is 4.98 Å². The molecule has 21 heavy (non-hydrogen) atoms. The van der Waals surface area contributed by atoms with Crippen LogP contribution in [0.4, 0.5) is 5.69 Å². The summed E-state index contributed by atoms with van der Waals surface area (Å²) in [5.74, 6) is 1.42. The van der Waals surface area contributed by atoms with Crippen LogP contribution in [0.25, 0.3) is 11.1 Å². The molecule has 2 aromatic carbocycles. The predicted octanol–water partition coefficient (Wildman–Crippen LogP) is 3.91. The first-order valence-electron chi connectivity index (χ1n) is 6.90. The molecule has 0 aliphatic heterocycles. The Morgan fingerprint density at radius 3 is 2.62 bits per heavy atom. The number of rotatable bonds is 3. The van der Waals surface area contributed by atoms with Crippen LogP contribution in [0.3, 0.4) is 0 Å². The third-order valence-corrected chi connectivity index (χ3v) is 3.71. The molecule has 0 aliphatic carbocycles.